The predicted octanol–water partition coefficient (Wildman–Crippen LogP) is 4.55. The van der Waals surface area contributed by atoms with Gasteiger partial charge in [0, 0.05) is 16.2 Å². The second kappa shape index (κ2) is 4.20. The van der Waals surface area contributed by atoms with E-state index in [1.807, 2.05) is 49.4 Å². The van der Waals surface area contributed by atoms with Crippen molar-refractivity contribution in [2.45, 2.75) is 6.92 Å². The molecule has 0 aliphatic rings. The topological polar surface area (TPSA) is 56.2 Å². The minimum atomic E-state index is -0.383. The van der Waals surface area contributed by atoms with Crippen LogP contribution in [0.1, 0.15) is 5.69 Å². The van der Waals surface area contributed by atoms with Gasteiger partial charge in [-0.1, -0.05) is 30.3 Å². The second-order valence-corrected chi connectivity index (χ2v) is 5.61. The van der Waals surface area contributed by atoms with E-state index in [0.29, 0.717) is 22.2 Å². The molecule has 0 bridgehead atoms. The van der Waals surface area contributed by atoms with Crippen molar-refractivity contribution in [2.24, 2.45) is 0 Å². The van der Waals surface area contributed by atoms with Gasteiger partial charge >= 0.3 is 5.63 Å². The summed E-state index contributed by atoms with van der Waals surface area (Å²) >= 11 is 0. The Hall–Kier alpha value is -3.14. The molecule has 0 unspecified atom stereocenters. The molecule has 0 radical (unpaired) electrons. The van der Waals surface area contributed by atoms with E-state index in [-0.39, 0.29) is 5.63 Å². The smallest absolute Gasteiger partial charge is 0.346 e. The normalized spacial score (nSPS) is 11.9. The number of para-hydroxylation sites is 2. The third kappa shape index (κ3) is 1.55. The molecule has 0 saturated carbocycles. The molecule has 0 saturated heterocycles. The number of pyridine rings is 1. The molecule has 5 rings (SSSR count). The Kier molecular flexibility index (Phi) is 2.26. The van der Waals surface area contributed by atoms with Crippen LogP contribution in [-0.2, 0) is 0 Å². The molecule has 110 valence electrons. The number of nitrogens with zero attached hydrogens (tertiary/aromatic N) is 1. The van der Waals surface area contributed by atoms with E-state index in [1.54, 1.807) is 6.07 Å². The van der Waals surface area contributed by atoms with E-state index < -0.39 is 0 Å². The summed E-state index contributed by atoms with van der Waals surface area (Å²) in [6.45, 7) is 1.83. The highest BCUT2D eigenvalue weighted by Crippen LogP contribution is 2.35. The summed E-state index contributed by atoms with van der Waals surface area (Å²) in [6.07, 6.45) is 0. The minimum absolute atomic E-state index is 0.383. The fourth-order valence-electron chi connectivity index (χ4n) is 3.25. The predicted molar refractivity (Wildman–Crippen MR) is 89.8 cm³/mol. The standard InChI is InChI=1S/C19H11NO3/c1-10-15-16(11-6-2-4-8-13(11)23-19(15)21)18-17(20-10)12-7-3-5-9-14(12)22-18/h2-9H,1H3. The molecule has 0 amide bonds. The third-order valence-corrected chi connectivity index (χ3v) is 4.25. The number of aryl methyl sites for hydroxylation is 1. The second-order valence-electron chi connectivity index (χ2n) is 5.61. The van der Waals surface area contributed by atoms with Gasteiger partial charge in [-0.05, 0) is 25.1 Å². The van der Waals surface area contributed by atoms with Crippen LogP contribution in [0, 0.1) is 6.92 Å². The van der Waals surface area contributed by atoms with Crippen LogP contribution in [0.15, 0.2) is 62.2 Å². The zero-order chi connectivity index (χ0) is 15.6. The van der Waals surface area contributed by atoms with Crippen LogP contribution < -0.4 is 5.63 Å². The minimum Gasteiger partial charge on any atom is -0.454 e. The van der Waals surface area contributed by atoms with E-state index in [2.05, 4.69) is 4.98 Å². The summed E-state index contributed by atoms with van der Waals surface area (Å²) in [5.74, 6) is 0. The van der Waals surface area contributed by atoms with Gasteiger partial charge in [-0.15, -0.1) is 0 Å². The van der Waals surface area contributed by atoms with Gasteiger partial charge in [-0.2, -0.15) is 0 Å². The molecular formula is C19H11NO3. The van der Waals surface area contributed by atoms with Crippen molar-refractivity contribution in [3.63, 3.8) is 0 Å². The van der Waals surface area contributed by atoms with Crippen molar-refractivity contribution in [1.82, 2.24) is 4.98 Å². The molecule has 0 N–H and O–H groups in total. The SMILES string of the molecule is Cc1nc2c3ccccc3oc2c2c1c(=O)oc1ccccc12. The number of aromatic nitrogens is 1. The Labute approximate surface area is 130 Å². The molecule has 0 atom stereocenters. The van der Waals surface area contributed by atoms with E-state index >= 15 is 0 Å². The maximum atomic E-state index is 12.4. The van der Waals surface area contributed by atoms with Crippen LogP contribution in [0.4, 0.5) is 0 Å². The van der Waals surface area contributed by atoms with E-state index in [0.717, 1.165) is 27.3 Å². The van der Waals surface area contributed by atoms with Crippen molar-refractivity contribution >= 4 is 43.8 Å². The Morgan fingerprint density at radius 3 is 2.26 bits per heavy atom. The highest BCUT2D eigenvalue weighted by atomic mass is 16.4. The van der Waals surface area contributed by atoms with Crippen LogP contribution in [-0.4, -0.2) is 4.98 Å². The Morgan fingerprint density at radius 1 is 0.826 bits per heavy atom. The van der Waals surface area contributed by atoms with Crippen LogP contribution in [0.25, 0.3) is 43.8 Å². The van der Waals surface area contributed by atoms with Crippen molar-refractivity contribution in [3.05, 3.63) is 64.6 Å². The maximum Gasteiger partial charge on any atom is 0.346 e. The lowest BCUT2D eigenvalue weighted by atomic mass is 10.1. The first-order valence-corrected chi connectivity index (χ1v) is 7.37. The zero-order valence-electron chi connectivity index (χ0n) is 12.3. The number of hydrogen-bond acceptors (Lipinski definition) is 4. The van der Waals surface area contributed by atoms with Gasteiger partial charge < -0.3 is 8.83 Å². The molecule has 4 nitrogen and oxygen atoms in total. The monoisotopic (exact) mass is 301 g/mol. The Bertz CT molecular complexity index is 1290. The number of fused-ring (bicyclic) bond motifs is 7. The molecule has 2 aromatic carbocycles. The fraction of sp³-hybridized carbons (Fsp3) is 0.0526. The van der Waals surface area contributed by atoms with E-state index in [1.165, 1.54) is 0 Å². The first-order chi connectivity index (χ1) is 11.2. The van der Waals surface area contributed by atoms with Gasteiger partial charge in [-0.25, -0.2) is 9.78 Å². The van der Waals surface area contributed by atoms with Crippen molar-refractivity contribution in [3.8, 4) is 0 Å². The van der Waals surface area contributed by atoms with E-state index in [4.69, 9.17) is 8.83 Å². The summed E-state index contributed by atoms with van der Waals surface area (Å²) in [5, 5.41) is 3.06. The summed E-state index contributed by atoms with van der Waals surface area (Å²) in [7, 11) is 0. The average Bonchev–Trinajstić information content (AvgIpc) is 2.93. The van der Waals surface area contributed by atoms with Crippen molar-refractivity contribution < 1.29 is 8.83 Å². The summed E-state index contributed by atoms with van der Waals surface area (Å²) < 4.78 is 11.5. The first kappa shape index (κ1) is 12.4. The third-order valence-electron chi connectivity index (χ3n) is 4.25. The van der Waals surface area contributed by atoms with Gasteiger partial charge in [0.1, 0.15) is 16.7 Å². The molecule has 3 aromatic heterocycles. The zero-order valence-corrected chi connectivity index (χ0v) is 12.3. The van der Waals surface area contributed by atoms with E-state index in [9.17, 15) is 4.79 Å². The fourth-order valence-corrected chi connectivity index (χ4v) is 3.25. The molecule has 0 aliphatic heterocycles. The van der Waals surface area contributed by atoms with Crippen LogP contribution in [0.5, 0.6) is 0 Å². The quantitative estimate of drug-likeness (QED) is 0.311. The Balaban J connectivity index is 2.22. The maximum absolute atomic E-state index is 12.4. The van der Waals surface area contributed by atoms with Gasteiger partial charge in [0.15, 0.2) is 5.58 Å². The molecular weight excluding hydrogens is 290 g/mol. The molecule has 4 heteroatoms. The number of furan rings is 1. The van der Waals surface area contributed by atoms with Crippen molar-refractivity contribution in [2.75, 3.05) is 0 Å². The van der Waals surface area contributed by atoms with Crippen LogP contribution in [0.2, 0.25) is 0 Å². The molecule has 0 fully saturated rings. The lowest BCUT2D eigenvalue weighted by Crippen LogP contribution is -2.03. The molecule has 3 heterocycles. The molecule has 23 heavy (non-hydrogen) atoms. The molecule has 0 spiro atoms. The summed E-state index contributed by atoms with van der Waals surface area (Å²) in [6, 6.07) is 15.3. The van der Waals surface area contributed by atoms with Gasteiger partial charge in [-0.3, -0.25) is 0 Å². The number of benzene rings is 2. The highest BCUT2D eigenvalue weighted by Gasteiger charge is 2.18. The largest absolute Gasteiger partial charge is 0.454 e. The lowest BCUT2D eigenvalue weighted by molar-refractivity contribution is 0.569. The molecule has 0 aliphatic carbocycles. The number of hydrogen-bond donors (Lipinski definition) is 0. The van der Waals surface area contributed by atoms with Crippen LogP contribution in [0.3, 0.4) is 0 Å². The first-order valence-electron chi connectivity index (χ1n) is 7.37. The van der Waals surface area contributed by atoms with Crippen LogP contribution >= 0.6 is 0 Å². The lowest BCUT2D eigenvalue weighted by Gasteiger charge is -2.05. The number of rotatable bonds is 0. The van der Waals surface area contributed by atoms with Gasteiger partial charge in [0.2, 0.25) is 0 Å². The summed E-state index contributed by atoms with van der Waals surface area (Å²) in [5.41, 5.74) is 3.00. The van der Waals surface area contributed by atoms with Gasteiger partial charge in [0.05, 0.1) is 11.1 Å². The van der Waals surface area contributed by atoms with Crippen molar-refractivity contribution in [1.29, 1.82) is 0 Å². The summed E-state index contributed by atoms with van der Waals surface area (Å²) in [4.78, 5) is 17.0. The highest BCUT2D eigenvalue weighted by molar-refractivity contribution is 6.20. The van der Waals surface area contributed by atoms with Gasteiger partial charge in [0.25, 0.3) is 0 Å². The Morgan fingerprint density at radius 2 is 1.48 bits per heavy atom. The molecule has 5 aromatic rings. The average molecular weight is 301 g/mol.